The van der Waals surface area contributed by atoms with Gasteiger partial charge in [0.1, 0.15) is 5.97 Å². The largest absolute Gasteiger partial charge is 0.544 e. The summed E-state index contributed by atoms with van der Waals surface area (Å²) in [4.78, 5) is 19.9. The van der Waals surface area contributed by atoms with Gasteiger partial charge in [0, 0.05) is 0 Å². The topological polar surface area (TPSA) is 66.4 Å². The third kappa shape index (κ3) is 1.94. The Hall–Kier alpha value is -1.34. The summed E-state index contributed by atoms with van der Waals surface area (Å²) in [6, 6.07) is 0. The molecule has 0 aromatic heterocycles. The molecule has 0 radical (unpaired) electrons. The SMILES string of the molecule is CCOC(=O)C(F)(F)C(F)(F)C(=O)[O-]. The number of esters is 1. The number of ether oxygens (including phenoxy) is 1. The molecule has 0 N–H and O–H groups in total. The fourth-order valence-corrected chi connectivity index (χ4v) is 0.478. The number of hydrogen-bond donors (Lipinski definition) is 0. The maximum absolute atomic E-state index is 12.4. The summed E-state index contributed by atoms with van der Waals surface area (Å²) in [6.45, 7) is 0.530. The van der Waals surface area contributed by atoms with Crippen molar-refractivity contribution in [3.05, 3.63) is 0 Å². The van der Waals surface area contributed by atoms with Crippen LogP contribution in [-0.2, 0) is 14.3 Å². The van der Waals surface area contributed by atoms with Gasteiger partial charge >= 0.3 is 17.8 Å². The summed E-state index contributed by atoms with van der Waals surface area (Å²) in [5, 5.41) is 9.63. The Bertz CT molecular complexity index is 250. The van der Waals surface area contributed by atoms with E-state index in [4.69, 9.17) is 0 Å². The first-order chi connectivity index (χ1) is 6.17. The number of alkyl halides is 4. The summed E-state index contributed by atoms with van der Waals surface area (Å²) in [5.41, 5.74) is 0. The standard InChI is InChI=1S/C6H6F4O4/c1-2-14-4(13)6(9,10)5(7,8)3(11)12/h2H2,1H3,(H,11,12)/p-1. The van der Waals surface area contributed by atoms with Crippen molar-refractivity contribution in [3.8, 4) is 0 Å². The molecule has 0 unspecified atom stereocenters. The molecule has 14 heavy (non-hydrogen) atoms. The van der Waals surface area contributed by atoms with Gasteiger partial charge in [-0.3, -0.25) is 0 Å². The second kappa shape index (κ2) is 3.81. The van der Waals surface area contributed by atoms with Crippen LogP contribution >= 0.6 is 0 Å². The molecule has 0 saturated heterocycles. The molecule has 4 nitrogen and oxygen atoms in total. The molecule has 0 saturated carbocycles. The fraction of sp³-hybridized carbons (Fsp3) is 0.667. The van der Waals surface area contributed by atoms with E-state index in [-0.39, 0.29) is 0 Å². The molecule has 0 bridgehead atoms. The Morgan fingerprint density at radius 2 is 1.64 bits per heavy atom. The van der Waals surface area contributed by atoms with Gasteiger partial charge in [0.15, 0.2) is 0 Å². The summed E-state index contributed by atoms with van der Waals surface area (Å²) in [7, 11) is 0. The lowest BCUT2D eigenvalue weighted by Gasteiger charge is -2.24. The van der Waals surface area contributed by atoms with Gasteiger partial charge in [-0.2, -0.15) is 17.6 Å². The van der Waals surface area contributed by atoms with E-state index >= 15 is 0 Å². The van der Waals surface area contributed by atoms with Crippen LogP contribution in [0.25, 0.3) is 0 Å². The highest BCUT2D eigenvalue weighted by atomic mass is 19.3. The molecule has 0 amide bonds. The van der Waals surface area contributed by atoms with Gasteiger partial charge in [-0.25, -0.2) is 4.79 Å². The average molecular weight is 217 g/mol. The van der Waals surface area contributed by atoms with E-state index < -0.39 is 30.4 Å². The first-order valence-corrected chi connectivity index (χ1v) is 3.32. The number of carboxylic acid groups (broad SMARTS) is 1. The molecule has 0 aliphatic heterocycles. The highest BCUT2D eigenvalue weighted by Gasteiger charge is 2.64. The smallest absolute Gasteiger partial charge is 0.410 e. The van der Waals surface area contributed by atoms with Crippen molar-refractivity contribution in [3.63, 3.8) is 0 Å². The molecule has 0 aliphatic rings. The number of rotatable bonds is 4. The van der Waals surface area contributed by atoms with Crippen LogP contribution in [-0.4, -0.2) is 30.4 Å². The Balaban J connectivity index is 4.94. The number of carboxylic acids is 1. The van der Waals surface area contributed by atoms with Crippen molar-refractivity contribution >= 4 is 11.9 Å². The first kappa shape index (κ1) is 12.7. The van der Waals surface area contributed by atoms with Gasteiger partial charge in [0.05, 0.1) is 6.61 Å². The highest BCUT2D eigenvalue weighted by Crippen LogP contribution is 2.34. The molecule has 0 rings (SSSR count). The number of aliphatic carboxylic acids is 1. The minimum Gasteiger partial charge on any atom is -0.544 e. The van der Waals surface area contributed by atoms with Crippen LogP contribution < -0.4 is 5.11 Å². The van der Waals surface area contributed by atoms with Crippen molar-refractivity contribution in [1.82, 2.24) is 0 Å². The number of carbonyl (C=O) groups excluding carboxylic acids is 2. The number of hydrogen-bond acceptors (Lipinski definition) is 4. The zero-order valence-corrected chi connectivity index (χ0v) is 6.85. The minimum absolute atomic E-state index is 0.572. The zero-order chi connectivity index (χ0) is 11.6. The van der Waals surface area contributed by atoms with E-state index in [1.165, 1.54) is 0 Å². The molecule has 0 aliphatic carbocycles. The Kier molecular flexibility index (Phi) is 3.44. The lowest BCUT2D eigenvalue weighted by Crippen LogP contribution is -2.57. The molecule has 0 aromatic carbocycles. The van der Waals surface area contributed by atoms with Crippen LogP contribution in [0.4, 0.5) is 17.6 Å². The number of halogens is 4. The maximum atomic E-state index is 12.4. The predicted octanol–water partition coefficient (Wildman–Crippen LogP) is -0.430. The molecule has 0 spiro atoms. The molecular formula is C6H5F4O4-. The second-order valence-electron chi connectivity index (χ2n) is 2.16. The third-order valence-corrected chi connectivity index (χ3v) is 1.18. The van der Waals surface area contributed by atoms with Gasteiger partial charge in [-0.15, -0.1) is 0 Å². The summed E-state index contributed by atoms with van der Waals surface area (Å²) in [6.07, 6.45) is 0. The van der Waals surface area contributed by atoms with E-state index in [0.29, 0.717) is 0 Å². The molecule has 0 heterocycles. The van der Waals surface area contributed by atoms with Crippen LogP contribution in [0.3, 0.4) is 0 Å². The molecular weight excluding hydrogens is 212 g/mol. The predicted molar refractivity (Wildman–Crippen MR) is 31.5 cm³/mol. The molecule has 8 heteroatoms. The summed E-state index contributed by atoms with van der Waals surface area (Å²) >= 11 is 0. The molecule has 0 atom stereocenters. The van der Waals surface area contributed by atoms with Gasteiger partial charge in [-0.05, 0) is 6.92 Å². The van der Waals surface area contributed by atoms with Crippen molar-refractivity contribution in [2.45, 2.75) is 18.8 Å². The minimum atomic E-state index is -5.58. The van der Waals surface area contributed by atoms with E-state index in [1.807, 2.05) is 0 Å². The fourth-order valence-electron chi connectivity index (χ4n) is 0.478. The van der Waals surface area contributed by atoms with Crippen molar-refractivity contribution < 1.29 is 37.0 Å². The van der Waals surface area contributed by atoms with E-state index in [2.05, 4.69) is 4.74 Å². The Morgan fingerprint density at radius 1 is 1.21 bits per heavy atom. The van der Waals surface area contributed by atoms with Crippen molar-refractivity contribution in [2.24, 2.45) is 0 Å². The number of carbonyl (C=O) groups is 2. The van der Waals surface area contributed by atoms with E-state index in [1.54, 1.807) is 0 Å². The molecule has 0 fully saturated rings. The quantitative estimate of drug-likeness (QED) is 0.473. The van der Waals surface area contributed by atoms with Crippen LogP contribution in [0.2, 0.25) is 0 Å². The van der Waals surface area contributed by atoms with Gasteiger partial charge < -0.3 is 14.6 Å². The normalized spacial score (nSPS) is 12.4. The first-order valence-electron chi connectivity index (χ1n) is 3.32. The van der Waals surface area contributed by atoms with Crippen LogP contribution in [0.1, 0.15) is 6.92 Å². The van der Waals surface area contributed by atoms with E-state index in [0.717, 1.165) is 6.92 Å². The molecule has 0 aromatic rings. The van der Waals surface area contributed by atoms with E-state index in [9.17, 15) is 32.3 Å². The summed E-state index contributed by atoms with van der Waals surface area (Å²) < 4.78 is 52.7. The molecule has 82 valence electrons. The van der Waals surface area contributed by atoms with Crippen LogP contribution in [0.5, 0.6) is 0 Å². The van der Waals surface area contributed by atoms with Crippen LogP contribution in [0, 0.1) is 0 Å². The van der Waals surface area contributed by atoms with Gasteiger partial charge in [0.2, 0.25) is 0 Å². The zero-order valence-electron chi connectivity index (χ0n) is 6.85. The Labute approximate surface area is 75.5 Å². The average Bonchev–Trinajstić information content (AvgIpc) is 2.04. The maximum Gasteiger partial charge on any atom is 0.410 e. The third-order valence-electron chi connectivity index (χ3n) is 1.18. The monoisotopic (exact) mass is 217 g/mol. The van der Waals surface area contributed by atoms with Gasteiger partial charge in [0.25, 0.3) is 0 Å². The highest BCUT2D eigenvalue weighted by molar-refractivity contribution is 5.88. The van der Waals surface area contributed by atoms with Gasteiger partial charge in [-0.1, -0.05) is 0 Å². The Morgan fingerprint density at radius 3 is 1.93 bits per heavy atom. The lowest BCUT2D eigenvalue weighted by molar-refractivity contribution is -0.346. The lowest BCUT2D eigenvalue weighted by atomic mass is 10.2. The summed E-state index contributed by atoms with van der Waals surface area (Å²) in [5.74, 6) is -17.0. The van der Waals surface area contributed by atoms with Crippen LogP contribution in [0.15, 0.2) is 0 Å². The second-order valence-corrected chi connectivity index (χ2v) is 2.16. The van der Waals surface area contributed by atoms with Crippen molar-refractivity contribution in [2.75, 3.05) is 6.61 Å². The van der Waals surface area contributed by atoms with Crippen molar-refractivity contribution in [1.29, 1.82) is 0 Å².